The smallest absolute Gasteiger partial charge is 0.231 e. The Hall–Kier alpha value is -2.95. The van der Waals surface area contributed by atoms with Crippen LogP contribution in [0.1, 0.15) is 36.8 Å². The van der Waals surface area contributed by atoms with E-state index >= 15 is 0 Å². The molecule has 0 saturated carbocycles. The van der Waals surface area contributed by atoms with Gasteiger partial charge in [-0.2, -0.15) is 0 Å². The maximum atomic E-state index is 12.5. The molecule has 2 aromatic carbocycles. The first kappa shape index (κ1) is 16.5. The van der Waals surface area contributed by atoms with Gasteiger partial charge in [0.25, 0.3) is 0 Å². The molecule has 134 valence electrons. The lowest BCUT2D eigenvalue weighted by Crippen LogP contribution is -2.26. The van der Waals surface area contributed by atoms with Crippen LogP contribution in [-0.4, -0.2) is 24.2 Å². The number of benzene rings is 2. The highest BCUT2D eigenvalue weighted by Gasteiger charge is 2.28. The van der Waals surface area contributed by atoms with Crippen LogP contribution >= 0.6 is 0 Å². The van der Waals surface area contributed by atoms with Crippen molar-refractivity contribution in [1.82, 2.24) is 10.3 Å². The molecule has 2 heterocycles. The summed E-state index contributed by atoms with van der Waals surface area (Å²) in [7, 11) is 0. The average molecular weight is 350 g/mol. The molecule has 1 atom stereocenters. The molecule has 2 N–H and O–H groups in total. The van der Waals surface area contributed by atoms with E-state index in [4.69, 9.17) is 9.47 Å². The second-order valence-corrected chi connectivity index (χ2v) is 6.48. The quantitative estimate of drug-likeness (QED) is 0.708. The molecule has 1 aliphatic heterocycles. The molecule has 0 fully saturated rings. The van der Waals surface area contributed by atoms with Crippen molar-refractivity contribution in [1.29, 1.82) is 0 Å². The third-order valence-corrected chi connectivity index (χ3v) is 4.76. The number of hydrogen-bond acceptors (Lipinski definition) is 3. The van der Waals surface area contributed by atoms with E-state index in [1.165, 1.54) is 0 Å². The van der Waals surface area contributed by atoms with Crippen molar-refractivity contribution >= 4 is 16.8 Å². The molecule has 1 aliphatic rings. The van der Waals surface area contributed by atoms with Crippen LogP contribution in [0.25, 0.3) is 10.9 Å². The number of rotatable bonds is 6. The second-order valence-electron chi connectivity index (χ2n) is 6.48. The van der Waals surface area contributed by atoms with Crippen LogP contribution in [0.2, 0.25) is 0 Å². The van der Waals surface area contributed by atoms with E-state index in [0.717, 1.165) is 39.9 Å². The van der Waals surface area contributed by atoms with Crippen molar-refractivity contribution in [3.8, 4) is 11.5 Å². The Kier molecular flexibility index (Phi) is 4.52. The average Bonchev–Trinajstić information content (AvgIpc) is 3.31. The molecule has 5 heteroatoms. The summed E-state index contributed by atoms with van der Waals surface area (Å²) in [5.41, 5.74) is 3.14. The van der Waals surface area contributed by atoms with Gasteiger partial charge in [-0.3, -0.25) is 4.79 Å². The summed E-state index contributed by atoms with van der Waals surface area (Å²) in [6.45, 7) is 2.95. The molecule has 0 aliphatic carbocycles. The largest absolute Gasteiger partial charge is 0.454 e. The fourth-order valence-electron chi connectivity index (χ4n) is 3.52. The zero-order valence-corrected chi connectivity index (χ0v) is 14.7. The highest BCUT2D eigenvalue weighted by atomic mass is 16.7. The lowest BCUT2D eigenvalue weighted by Gasteiger charge is -2.19. The minimum atomic E-state index is -0.111. The fourth-order valence-corrected chi connectivity index (χ4v) is 3.52. The third-order valence-electron chi connectivity index (χ3n) is 4.76. The second kappa shape index (κ2) is 7.12. The first-order chi connectivity index (χ1) is 12.8. The summed E-state index contributed by atoms with van der Waals surface area (Å²) in [5, 5.41) is 4.11. The first-order valence-corrected chi connectivity index (χ1v) is 8.99. The highest BCUT2D eigenvalue weighted by Crippen LogP contribution is 2.43. The molecule has 3 aromatic rings. The van der Waals surface area contributed by atoms with E-state index in [1.807, 2.05) is 49.5 Å². The van der Waals surface area contributed by atoms with Crippen LogP contribution in [0.4, 0.5) is 0 Å². The van der Waals surface area contributed by atoms with Gasteiger partial charge < -0.3 is 19.8 Å². The van der Waals surface area contributed by atoms with Gasteiger partial charge in [0.1, 0.15) is 0 Å². The van der Waals surface area contributed by atoms with Crippen LogP contribution in [0.5, 0.6) is 11.5 Å². The molecule has 1 aromatic heterocycles. The number of ether oxygens (including phenoxy) is 2. The number of nitrogens with one attached hydrogen (secondary N) is 2. The van der Waals surface area contributed by atoms with Crippen molar-refractivity contribution in [2.45, 2.75) is 25.7 Å². The number of aromatic nitrogens is 1. The number of fused-ring (bicyclic) bond motifs is 2. The summed E-state index contributed by atoms with van der Waals surface area (Å²) in [6, 6.07) is 14.0. The minimum Gasteiger partial charge on any atom is -0.454 e. The number of carbonyl (C=O) groups excluding carboxylic acids is 1. The van der Waals surface area contributed by atoms with Gasteiger partial charge in [-0.05, 0) is 24.1 Å². The standard InChI is InChI=1S/C21H22N2O3/c1-2-10-22-20(24)11-16(15-7-5-9-19-21(15)26-13-25-19)17-12-23-18-8-4-3-6-14(17)18/h3-9,12,16,23H,2,10-11,13H2,1H3,(H,22,24)/t16-/m0/s1. The molecule has 0 bridgehead atoms. The molecule has 1 amide bonds. The Morgan fingerprint density at radius 3 is 2.92 bits per heavy atom. The van der Waals surface area contributed by atoms with Crippen molar-refractivity contribution < 1.29 is 14.3 Å². The number of para-hydroxylation sites is 2. The van der Waals surface area contributed by atoms with Crippen molar-refractivity contribution in [3.63, 3.8) is 0 Å². The van der Waals surface area contributed by atoms with Crippen molar-refractivity contribution in [3.05, 3.63) is 59.8 Å². The number of H-pyrrole nitrogens is 1. The van der Waals surface area contributed by atoms with Gasteiger partial charge >= 0.3 is 0 Å². The maximum Gasteiger partial charge on any atom is 0.231 e. The van der Waals surface area contributed by atoms with Gasteiger partial charge in [-0.25, -0.2) is 0 Å². The van der Waals surface area contributed by atoms with E-state index in [0.29, 0.717) is 13.0 Å². The van der Waals surface area contributed by atoms with E-state index in [9.17, 15) is 4.79 Å². The number of amides is 1. The zero-order valence-electron chi connectivity index (χ0n) is 14.7. The van der Waals surface area contributed by atoms with Gasteiger partial charge in [0, 0.05) is 41.5 Å². The van der Waals surface area contributed by atoms with Crippen LogP contribution < -0.4 is 14.8 Å². The van der Waals surface area contributed by atoms with Crippen LogP contribution in [0, 0.1) is 0 Å². The van der Waals surface area contributed by atoms with Crippen LogP contribution in [0.3, 0.4) is 0 Å². The number of carbonyl (C=O) groups is 1. The minimum absolute atomic E-state index is 0.0404. The number of hydrogen-bond donors (Lipinski definition) is 2. The predicted octanol–water partition coefficient (Wildman–Crippen LogP) is 3.94. The zero-order chi connectivity index (χ0) is 17.9. The molecule has 0 saturated heterocycles. The number of aromatic amines is 1. The monoisotopic (exact) mass is 350 g/mol. The summed E-state index contributed by atoms with van der Waals surface area (Å²) in [5.74, 6) is 1.41. The first-order valence-electron chi connectivity index (χ1n) is 8.99. The maximum absolute atomic E-state index is 12.5. The Morgan fingerprint density at radius 1 is 1.15 bits per heavy atom. The van der Waals surface area contributed by atoms with Crippen molar-refractivity contribution in [2.24, 2.45) is 0 Å². The fraction of sp³-hybridized carbons (Fsp3) is 0.286. The Balaban J connectivity index is 1.78. The molecule has 5 nitrogen and oxygen atoms in total. The van der Waals surface area contributed by atoms with E-state index < -0.39 is 0 Å². The molecular weight excluding hydrogens is 328 g/mol. The highest BCUT2D eigenvalue weighted by molar-refractivity contribution is 5.86. The van der Waals surface area contributed by atoms with Crippen molar-refractivity contribution in [2.75, 3.05) is 13.3 Å². The molecule has 0 spiro atoms. The van der Waals surface area contributed by atoms with Gasteiger partial charge in [0.05, 0.1) is 0 Å². The lowest BCUT2D eigenvalue weighted by molar-refractivity contribution is -0.121. The Bertz CT molecular complexity index is 932. The Labute approximate surface area is 152 Å². The summed E-state index contributed by atoms with van der Waals surface area (Å²) < 4.78 is 11.3. The summed E-state index contributed by atoms with van der Waals surface area (Å²) in [4.78, 5) is 15.8. The van der Waals surface area contributed by atoms with E-state index in [1.54, 1.807) is 0 Å². The van der Waals surface area contributed by atoms with Gasteiger partial charge in [-0.15, -0.1) is 0 Å². The van der Waals surface area contributed by atoms with Gasteiger partial charge in [0.15, 0.2) is 11.5 Å². The molecular formula is C21H22N2O3. The van der Waals surface area contributed by atoms with E-state index in [-0.39, 0.29) is 18.6 Å². The van der Waals surface area contributed by atoms with Gasteiger partial charge in [-0.1, -0.05) is 37.3 Å². The van der Waals surface area contributed by atoms with Crippen LogP contribution in [-0.2, 0) is 4.79 Å². The lowest BCUT2D eigenvalue weighted by atomic mass is 9.87. The Morgan fingerprint density at radius 2 is 2.04 bits per heavy atom. The topological polar surface area (TPSA) is 63.4 Å². The predicted molar refractivity (Wildman–Crippen MR) is 101 cm³/mol. The summed E-state index contributed by atoms with van der Waals surface area (Å²) in [6.07, 6.45) is 3.28. The van der Waals surface area contributed by atoms with E-state index in [2.05, 4.69) is 16.4 Å². The molecule has 26 heavy (non-hydrogen) atoms. The third kappa shape index (κ3) is 3.01. The molecule has 0 unspecified atom stereocenters. The molecule has 4 rings (SSSR count). The SMILES string of the molecule is CCCNC(=O)C[C@@H](c1cccc2c1OCO2)c1c[nH]c2ccccc12. The van der Waals surface area contributed by atoms with Crippen LogP contribution in [0.15, 0.2) is 48.7 Å². The normalized spacial score (nSPS) is 13.7. The summed E-state index contributed by atoms with van der Waals surface area (Å²) >= 11 is 0. The van der Waals surface area contributed by atoms with Gasteiger partial charge in [0.2, 0.25) is 12.7 Å². The molecule has 0 radical (unpaired) electrons.